The van der Waals surface area contributed by atoms with Gasteiger partial charge >= 0.3 is 28.8 Å². The van der Waals surface area contributed by atoms with Gasteiger partial charge in [-0.3, -0.25) is 0 Å². The van der Waals surface area contributed by atoms with Crippen LogP contribution in [-0.4, -0.2) is 20.8 Å². The molecule has 0 aliphatic carbocycles. The van der Waals surface area contributed by atoms with Crippen molar-refractivity contribution in [3.05, 3.63) is 86.5 Å². The molecule has 0 saturated heterocycles. The summed E-state index contributed by atoms with van der Waals surface area (Å²) in [5.41, 5.74) is 26.3. The first-order chi connectivity index (χ1) is 31.2. The number of benzene rings is 2. The number of nitrogens with zero attached hydrogens (tertiary/aromatic N) is 2. The van der Waals surface area contributed by atoms with Crippen LogP contribution in [0.25, 0.3) is 16.9 Å². The molecule has 1 aliphatic rings. The van der Waals surface area contributed by atoms with Crippen molar-refractivity contribution < 1.29 is 22.7 Å². The van der Waals surface area contributed by atoms with Gasteiger partial charge in [-0.25, -0.2) is 4.70 Å². The maximum atomic E-state index is 12.9. The predicted molar refractivity (Wildman–Crippen MR) is 296 cm³/mol. The fourth-order valence-corrected chi connectivity index (χ4v) is 12.9. The molecule has 0 saturated carbocycles. The summed E-state index contributed by atoms with van der Waals surface area (Å²) in [6.45, 7) is 24.3. The summed E-state index contributed by atoms with van der Waals surface area (Å²) in [7, 11) is -2.74. The molecule has 2 aromatic rings. The van der Waals surface area contributed by atoms with Gasteiger partial charge < -0.3 is 5.53 Å². The molecule has 0 radical (unpaired) electrons. The van der Waals surface area contributed by atoms with Crippen LogP contribution >= 0.6 is 0 Å². The van der Waals surface area contributed by atoms with Gasteiger partial charge in [0.2, 0.25) is 11.4 Å². The first-order valence-corrected chi connectivity index (χ1v) is 38.2. The Balaban J connectivity index is 0.00000470. The second kappa shape index (κ2) is 34.8. The van der Waals surface area contributed by atoms with Crippen LogP contribution in [-0.2, 0) is 42.9 Å². The fourth-order valence-electron chi connectivity index (χ4n) is 9.99. The van der Waals surface area contributed by atoms with Gasteiger partial charge in [0, 0.05) is 38.4 Å². The van der Waals surface area contributed by atoms with Crippen molar-refractivity contribution in [2.75, 3.05) is 0 Å². The number of hydrogen-bond acceptors (Lipinski definition) is 0. The monoisotopic (exact) mass is 1020 g/mol. The second-order valence-electron chi connectivity index (χ2n) is 22.6. The predicted octanol–water partition coefficient (Wildman–Crippen LogP) is 20.9. The molecule has 0 bridgehead atoms. The van der Waals surface area contributed by atoms with Crippen LogP contribution in [0.15, 0.2) is 47.5 Å². The zero-order valence-electron chi connectivity index (χ0n) is 45.3. The molecule has 374 valence electrons. The van der Waals surface area contributed by atoms with E-state index in [9.17, 15) is 5.53 Å². The Morgan fingerprint density at radius 1 is 0.369 bits per heavy atom. The van der Waals surface area contributed by atoms with E-state index in [1.165, 1.54) is 224 Å². The summed E-state index contributed by atoms with van der Waals surface area (Å²) < 4.78 is 1.72. The van der Waals surface area contributed by atoms with Gasteiger partial charge in [0.05, 0.1) is 0 Å². The molecule has 0 aromatic heterocycles. The van der Waals surface area contributed by atoms with Gasteiger partial charge in [0.25, 0.3) is 0 Å². The summed E-state index contributed by atoms with van der Waals surface area (Å²) >= 11 is 0.950. The SMILES string of the molecule is CCCCCCCCCCCCCCCCCCC1=C(c2cc(C[Si](C)(C)C)cc(C[Si](C)(C)C)c2)[N+](=[N-])C(c2cc(CCCC)cc(CCCC)c2)=C1CCCCCCCC.[CH3][Pd][CH3]. The molecule has 5 heteroatoms. The van der Waals surface area contributed by atoms with Crippen LogP contribution in [0.3, 0.4) is 0 Å². The van der Waals surface area contributed by atoms with Crippen LogP contribution in [0.1, 0.15) is 241 Å². The summed E-state index contributed by atoms with van der Waals surface area (Å²) in [6, 6.07) is 17.3. The number of allylic oxidation sites excluding steroid dienone is 2. The minimum absolute atomic E-state index is 0.950. The Labute approximate surface area is 416 Å². The third-order valence-electron chi connectivity index (χ3n) is 13.2. The first-order valence-electron chi connectivity index (χ1n) is 27.7. The molecule has 2 nitrogen and oxygen atoms in total. The number of hydrogen-bond donors (Lipinski definition) is 0. The molecule has 0 fully saturated rings. The van der Waals surface area contributed by atoms with Crippen LogP contribution in [0.4, 0.5) is 0 Å². The molecule has 0 unspecified atom stereocenters. The van der Waals surface area contributed by atoms with E-state index >= 15 is 0 Å². The third kappa shape index (κ3) is 25.7. The molecule has 1 aliphatic heterocycles. The third-order valence-corrected chi connectivity index (χ3v) is 16.1. The van der Waals surface area contributed by atoms with E-state index < -0.39 is 16.1 Å². The topological polar surface area (TPSA) is 25.3 Å². The summed E-state index contributed by atoms with van der Waals surface area (Å²) in [5, 5.41) is 4.35. The van der Waals surface area contributed by atoms with E-state index in [1.54, 1.807) is 4.70 Å². The Hall–Kier alpha value is -1.38. The van der Waals surface area contributed by atoms with E-state index in [1.807, 2.05) is 0 Å². The van der Waals surface area contributed by atoms with Crippen molar-refractivity contribution in [3.8, 4) is 0 Å². The second-order valence-corrected chi connectivity index (χ2v) is 35.1. The van der Waals surface area contributed by atoms with Gasteiger partial charge in [-0.2, -0.15) is 0 Å². The van der Waals surface area contributed by atoms with Gasteiger partial charge in [0.15, 0.2) is 0 Å². The summed E-state index contributed by atoms with van der Waals surface area (Å²) in [6.07, 6.45) is 39.2. The van der Waals surface area contributed by atoms with Crippen molar-refractivity contribution in [2.45, 2.75) is 282 Å². The normalized spacial score (nSPS) is 13.4. The molecule has 65 heavy (non-hydrogen) atoms. The van der Waals surface area contributed by atoms with E-state index in [-0.39, 0.29) is 0 Å². The first kappa shape index (κ1) is 59.7. The van der Waals surface area contributed by atoms with Crippen molar-refractivity contribution in [2.24, 2.45) is 0 Å². The van der Waals surface area contributed by atoms with Gasteiger partial charge in [0.1, 0.15) is 0 Å². The van der Waals surface area contributed by atoms with Gasteiger partial charge in [-0.05, 0) is 110 Å². The van der Waals surface area contributed by atoms with Crippen molar-refractivity contribution in [3.63, 3.8) is 0 Å². The van der Waals surface area contributed by atoms with Crippen LogP contribution < -0.4 is 0 Å². The summed E-state index contributed by atoms with van der Waals surface area (Å²) in [5.74, 6) is 0. The zero-order chi connectivity index (χ0) is 47.9. The maximum absolute atomic E-state index is 12.9. The molecule has 0 N–H and O–H groups in total. The quantitative estimate of drug-likeness (QED) is 0.0369. The van der Waals surface area contributed by atoms with Crippen molar-refractivity contribution in [1.29, 1.82) is 0 Å². The average Bonchev–Trinajstić information content (AvgIpc) is 3.52. The Bertz CT molecular complexity index is 1600. The average molecular weight is 1020 g/mol. The fraction of sp³-hybridized carbons (Fsp3) is 0.733. The van der Waals surface area contributed by atoms with Gasteiger partial charge in [-0.15, -0.1) is 0 Å². The molecule has 0 spiro atoms. The van der Waals surface area contributed by atoms with Crippen molar-refractivity contribution in [1.82, 2.24) is 0 Å². The molecule has 2 aromatic carbocycles. The van der Waals surface area contributed by atoms with E-state index in [0.29, 0.717) is 0 Å². The van der Waals surface area contributed by atoms with Crippen LogP contribution in [0.5, 0.6) is 0 Å². The zero-order valence-corrected chi connectivity index (χ0v) is 48.9. The Kier molecular flexibility index (Phi) is 32.0. The number of rotatable bonds is 36. The minimum atomic E-state index is -1.37. The van der Waals surface area contributed by atoms with E-state index in [4.69, 9.17) is 0 Å². The standard InChI is InChI=1S/C58H100N2Si2.2CH3.Pd/c1-11-15-19-21-23-24-25-26-27-28-29-30-31-32-34-36-40-56-55(39-35-33-22-20-16-12-2)57(53-43-49(37-17-13-3)41-50(44-53)38-18-14-4)60(59)58(56)54-45-51(47-61(5,6)7)42-52(46-54)48-62(8,9)10;;;/h41-46H,11-40,47-48H2,1-10H3;2*1H3;. The van der Waals surface area contributed by atoms with E-state index in [2.05, 4.69) is 114 Å². The molecular weight excluding hydrogens is 911 g/mol. The number of aryl methyl sites for hydroxylation is 2. The van der Waals surface area contributed by atoms with Crippen molar-refractivity contribution >= 4 is 27.5 Å². The van der Waals surface area contributed by atoms with Crippen LogP contribution in [0.2, 0.25) is 50.1 Å². The number of unbranched alkanes of at least 4 members (excludes halogenated alkanes) is 22. The Morgan fingerprint density at radius 3 is 0.923 bits per heavy atom. The molecule has 0 atom stereocenters. The molecular formula is C60H106N2PdSi2. The van der Waals surface area contributed by atoms with Crippen LogP contribution in [0, 0.1) is 0 Å². The molecule has 3 rings (SSSR count). The Morgan fingerprint density at radius 2 is 0.631 bits per heavy atom. The van der Waals surface area contributed by atoms with Gasteiger partial charge in [-0.1, -0.05) is 220 Å². The summed E-state index contributed by atoms with van der Waals surface area (Å²) in [4.78, 5) is 0. The molecule has 0 amide bonds. The van der Waals surface area contributed by atoms with E-state index in [0.717, 1.165) is 55.1 Å². The molecule has 1 heterocycles.